The van der Waals surface area contributed by atoms with Crippen LogP contribution in [0.5, 0.6) is 0 Å². The van der Waals surface area contributed by atoms with Crippen LogP contribution in [0.15, 0.2) is 36.5 Å². The van der Waals surface area contributed by atoms with E-state index >= 15 is 0 Å². The number of benzene rings is 1. The van der Waals surface area contributed by atoms with Crippen LogP contribution in [0.1, 0.15) is 76.4 Å². The fraction of sp³-hybridized carbons (Fsp3) is 0.531. The fourth-order valence-corrected chi connectivity index (χ4v) is 5.68. The third-order valence-electron chi connectivity index (χ3n) is 8.45. The SMILES string of the molecule is CC(C)(C)c1cc(-c2ccc(Cl)cc2)nn2cc(C=O)nc12.CN1CCN(C(=O)C2CCC(C=O)CC2)CC1(C)C. The number of aromatic nitrogens is 3. The van der Waals surface area contributed by atoms with E-state index in [-0.39, 0.29) is 22.8 Å². The van der Waals surface area contributed by atoms with Crippen molar-refractivity contribution < 1.29 is 14.4 Å². The van der Waals surface area contributed by atoms with Gasteiger partial charge >= 0.3 is 0 Å². The van der Waals surface area contributed by atoms with Gasteiger partial charge in [0.2, 0.25) is 5.91 Å². The Bertz CT molecular complexity index is 1380. The Kier molecular flexibility index (Phi) is 9.34. The highest BCUT2D eigenvalue weighted by Crippen LogP contribution is 2.31. The molecule has 0 N–H and O–H groups in total. The number of carbonyl (C=O) groups is 3. The molecular weight excluding hydrogens is 538 g/mol. The first-order chi connectivity index (χ1) is 19.3. The zero-order valence-corrected chi connectivity index (χ0v) is 25.8. The molecule has 1 amide bonds. The van der Waals surface area contributed by atoms with Crippen LogP contribution in [0, 0.1) is 11.8 Å². The largest absolute Gasteiger partial charge is 0.339 e. The molecule has 2 fully saturated rings. The minimum atomic E-state index is -0.114. The van der Waals surface area contributed by atoms with Crippen LogP contribution >= 0.6 is 11.6 Å². The minimum Gasteiger partial charge on any atom is -0.339 e. The van der Waals surface area contributed by atoms with Gasteiger partial charge in [-0.2, -0.15) is 5.10 Å². The predicted octanol–water partition coefficient (Wildman–Crippen LogP) is 5.70. The number of imidazole rings is 1. The van der Waals surface area contributed by atoms with Crippen molar-refractivity contribution in [3.8, 4) is 11.3 Å². The third kappa shape index (κ3) is 7.22. The van der Waals surface area contributed by atoms with E-state index in [4.69, 9.17) is 11.6 Å². The molecule has 8 nitrogen and oxygen atoms in total. The third-order valence-corrected chi connectivity index (χ3v) is 8.71. The molecule has 0 radical (unpaired) electrons. The second-order valence-corrected chi connectivity index (χ2v) is 13.4. The Morgan fingerprint density at radius 3 is 2.27 bits per heavy atom. The van der Waals surface area contributed by atoms with Gasteiger partial charge < -0.3 is 9.69 Å². The van der Waals surface area contributed by atoms with Crippen molar-refractivity contribution in [2.75, 3.05) is 26.7 Å². The second-order valence-electron chi connectivity index (χ2n) is 13.0. The number of nitrogens with zero attached hydrogens (tertiary/aromatic N) is 5. The summed E-state index contributed by atoms with van der Waals surface area (Å²) in [4.78, 5) is 43.0. The number of piperazine rings is 1. The average Bonchev–Trinajstić information content (AvgIpc) is 3.37. The van der Waals surface area contributed by atoms with Gasteiger partial charge in [0.25, 0.3) is 0 Å². The Morgan fingerprint density at radius 1 is 1.05 bits per heavy atom. The molecule has 2 aliphatic rings. The molecule has 2 aromatic heterocycles. The number of carbonyl (C=O) groups excluding carboxylic acids is 3. The first-order valence-corrected chi connectivity index (χ1v) is 14.8. The zero-order valence-electron chi connectivity index (χ0n) is 25.1. The molecule has 220 valence electrons. The van der Waals surface area contributed by atoms with Crippen LogP contribution in [0.3, 0.4) is 0 Å². The summed E-state index contributed by atoms with van der Waals surface area (Å²) < 4.78 is 1.67. The maximum Gasteiger partial charge on any atom is 0.225 e. The van der Waals surface area contributed by atoms with E-state index in [1.807, 2.05) is 35.2 Å². The Hall–Kier alpha value is -3.10. The lowest BCUT2D eigenvalue weighted by Gasteiger charge is -2.46. The van der Waals surface area contributed by atoms with Crippen LogP contribution in [-0.4, -0.2) is 75.1 Å². The van der Waals surface area contributed by atoms with Gasteiger partial charge in [0.1, 0.15) is 12.0 Å². The molecule has 41 heavy (non-hydrogen) atoms. The van der Waals surface area contributed by atoms with E-state index < -0.39 is 0 Å². The Labute approximate surface area is 248 Å². The van der Waals surface area contributed by atoms with Crippen LogP contribution in [0.4, 0.5) is 0 Å². The number of aldehydes is 2. The molecule has 3 heterocycles. The standard InChI is InChI=1S/C17H16ClN3O.C15H26N2O2/c1-17(2,3)14-8-15(11-4-6-12(18)7-5-11)20-21-9-13(10-22)19-16(14)21;1-15(2)11-17(9-8-16(15)3)14(19)13-6-4-12(10-18)5-7-13/h4-10H,1-3H3;10,12-13H,4-9,11H2,1-3H3. The summed E-state index contributed by atoms with van der Waals surface area (Å²) >= 11 is 5.95. The van der Waals surface area contributed by atoms with Crippen molar-refractivity contribution in [3.05, 3.63) is 52.8 Å². The van der Waals surface area contributed by atoms with E-state index in [1.165, 1.54) is 0 Å². The summed E-state index contributed by atoms with van der Waals surface area (Å²) in [5.41, 5.74) is 3.88. The number of likely N-dealkylation sites (N-methyl/N-ethyl adjacent to an activating group) is 1. The van der Waals surface area contributed by atoms with Crippen molar-refractivity contribution in [3.63, 3.8) is 0 Å². The smallest absolute Gasteiger partial charge is 0.225 e. The van der Waals surface area contributed by atoms with E-state index in [1.54, 1.807) is 10.7 Å². The zero-order chi connectivity index (χ0) is 29.9. The van der Waals surface area contributed by atoms with Crippen LogP contribution in [-0.2, 0) is 15.0 Å². The van der Waals surface area contributed by atoms with E-state index in [0.717, 1.165) is 74.7 Å². The van der Waals surface area contributed by atoms with Crippen molar-refractivity contribution in [1.82, 2.24) is 24.4 Å². The summed E-state index contributed by atoms with van der Waals surface area (Å²) in [5.74, 6) is 0.647. The molecule has 5 rings (SSSR count). The van der Waals surface area contributed by atoms with Crippen molar-refractivity contribution in [1.29, 1.82) is 0 Å². The molecule has 1 saturated heterocycles. The minimum absolute atomic E-state index is 0.0634. The van der Waals surface area contributed by atoms with Gasteiger partial charge in [0, 0.05) is 53.2 Å². The number of amides is 1. The normalized spacial score (nSPS) is 21.2. The summed E-state index contributed by atoms with van der Waals surface area (Å²) in [7, 11) is 2.12. The van der Waals surface area contributed by atoms with Crippen molar-refractivity contribution in [2.45, 2.75) is 71.3 Å². The van der Waals surface area contributed by atoms with Crippen molar-refractivity contribution in [2.24, 2.45) is 11.8 Å². The van der Waals surface area contributed by atoms with Crippen molar-refractivity contribution >= 4 is 35.7 Å². The highest BCUT2D eigenvalue weighted by Gasteiger charge is 2.36. The first kappa shape index (κ1) is 30.8. The van der Waals surface area contributed by atoms with Gasteiger partial charge in [-0.3, -0.25) is 14.5 Å². The van der Waals surface area contributed by atoms with E-state index in [2.05, 4.69) is 56.6 Å². The molecule has 0 unspecified atom stereocenters. The summed E-state index contributed by atoms with van der Waals surface area (Å²) in [6.07, 6.45) is 6.98. The quantitative estimate of drug-likeness (QED) is 0.368. The maximum atomic E-state index is 12.6. The Balaban J connectivity index is 0.000000191. The molecule has 0 atom stereocenters. The molecule has 1 aromatic carbocycles. The molecular formula is C32H42ClN5O3. The van der Waals surface area contributed by atoms with Gasteiger partial charge in [-0.05, 0) is 70.2 Å². The number of fused-ring (bicyclic) bond motifs is 1. The first-order valence-electron chi connectivity index (χ1n) is 14.4. The maximum absolute atomic E-state index is 12.6. The Morgan fingerprint density at radius 2 is 1.71 bits per heavy atom. The molecule has 3 aromatic rings. The molecule has 9 heteroatoms. The molecule has 0 bridgehead atoms. The lowest BCUT2D eigenvalue weighted by atomic mass is 9.81. The molecule has 1 aliphatic heterocycles. The highest BCUT2D eigenvalue weighted by atomic mass is 35.5. The predicted molar refractivity (Wildman–Crippen MR) is 162 cm³/mol. The van der Waals surface area contributed by atoms with Gasteiger partial charge in [0.05, 0.1) is 11.9 Å². The van der Waals surface area contributed by atoms with Crippen LogP contribution in [0.25, 0.3) is 16.9 Å². The topological polar surface area (TPSA) is 87.9 Å². The van der Waals surface area contributed by atoms with Crippen LogP contribution < -0.4 is 0 Å². The molecule has 1 aliphatic carbocycles. The monoisotopic (exact) mass is 579 g/mol. The summed E-state index contributed by atoms with van der Waals surface area (Å²) in [6, 6.07) is 9.57. The number of halogens is 1. The molecule has 1 saturated carbocycles. The second kappa shape index (κ2) is 12.4. The number of hydrogen-bond donors (Lipinski definition) is 0. The molecule has 0 spiro atoms. The lowest BCUT2D eigenvalue weighted by Crippen LogP contribution is -2.59. The highest BCUT2D eigenvalue weighted by molar-refractivity contribution is 6.30. The summed E-state index contributed by atoms with van der Waals surface area (Å²) in [6.45, 7) is 13.3. The van der Waals surface area contributed by atoms with Crippen LogP contribution in [0.2, 0.25) is 5.02 Å². The average molecular weight is 580 g/mol. The number of rotatable bonds is 4. The van der Waals surface area contributed by atoms with Gasteiger partial charge in [-0.15, -0.1) is 0 Å². The fourth-order valence-electron chi connectivity index (χ4n) is 5.55. The van der Waals surface area contributed by atoms with Gasteiger partial charge in [-0.25, -0.2) is 9.50 Å². The lowest BCUT2D eigenvalue weighted by molar-refractivity contribution is -0.141. The van der Waals surface area contributed by atoms with Gasteiger partial charge in [-0.1, -0.05) is 44.5 Å². The van der Waals surface area contributed by atoms with Gasteiger partial charge in [0.15, 0.2) is 11.9 Å². The van der Waals surface area contributed by atoms with E-state index in [9.17, 15) is 14.4 Å². The van der Waals surface area contributed by atoms with E-state index in [0.29, 0.717) is 22.3 Å². The summed E-state index contributed by atoms with van der Waals surface area (Å²) in [5, 5.41) is 5.26. The number of hydrogen-bond acceptors (Lipinski definition) is 6.